The molecule has 102 heavy (non-hydrogen) atoms. The molecule has 26 nitrogen and oxygen atoms in total. The van der Waals surface area contributed by atoms with Gasteiger partial charge in [-0.2, -0.15) is 43.8 Å². The normalized spacial score (nSPS) is 18.4. The number of piperazine rings is 2. The van der Waals surface area contributed by atoms with Crippen LogP contribution in [0.25, 0.3) is 67.3 Å². The second kappa shape index (κ2) is 30.7. The van der Waals surface area contributed by atoms with Crippen molar-refractivity contribution in [3.8, 4) is 34.2 Å². The van der Waals surface area contributed by atoms with Gasteiger partial charge in [0.15, 0.2) is 17.5 Å². The van der Waals surface area contributed by atoms with Crippen molar-refractivity contribution in [2.75, 3.05) is 85.9 Å². The Kier molecular flexibility index (Phi) is 22.2. The highest BCUT2D eigenvalue weighted by Gasteiger charge is 2.44. The van der Waals surface area contributed by atoms with Gasteiger partial charge in [-0.05, 0) is 55.7 Å². The first-order valence-electron chi connectivity index (χ1n) is 31.5. The molecule has 0 unspecified atom stereocenters. The van der Waals surface area contributed by atoms with Gasteiger partial charge in [-0.25, -0.2) is 57.7 Å². The zero-order chi connectivity index (χ0) is 73.0. The van der Waals surface area contributed by atoms with Crippen LogP contribution in [-0.2, 0) is 29.2 Å². The molecular formula is C62H69Cl3F10N20O6S. The monoisotopic (exact) mass is 1520 g/mol. The van der Waals surface area contributed by atoms with Gasteiger partial charge in [0.2, 0.25) is 33.7 Å². The summed E-state index contributed by atoms with van der Waals surface area (Å²) in [6.45, 7) is -2.43. The molecule has 4 atom stereocenters. The van der Waals surface area contributed by atoms with E-state index in [2.05, 4.69) is 59.8 Å². The minimum absolute atomic E-state index is 0. The van der Waals surface area contributed by atoms with E-state index in [1.54, 1.807) is 52.7 Å². The average Bonchev–Trinajstić information content (AvgIpc) is 1.74. The molecule has 9 aromatic heterocycles. The first-order chi connectivity index (χ1) is 48.4. The van der Waals surface area contributed by atoms with E-state index in [4.69, 9.17) is 34.8 Å². The van der Waals surface area contributed by atoms with E-state index in [1.807, 2.05) is 22.9 Å². The zero-order valence-corrected chi connectivity index (χ0v) is 56.5. The number of unbranched alkanes of at least 4 members (excludes halogenated alkanes) is 1. The van der Waals surface area contributed by atoms with Crippen molar-refractivity contribution in [3.05, 3.63) is 107 Å². The van der Waals surface area contributed by atoms with Gasteiger partial charge in [0.05, 0.1) is 33.9 Å². The maximum atomic E-state index is 14.1. The lowest BCUT2D eigenvalue weighted by atomic mass is 10.1. The fourth-order valence-electron chi connectivity index (χ4n) is 11.6. The number of pyridine rings is 3. The number of rotatable bonds is 17. The Morgan fingerprint density at radius 3 is 1.34 bits per heavy atom. The van der Waals surface area contributed by atoms with E-state index in [1.165, 1.54) is 59.1 Å². The Hall–Kier alpha value is -9.33. The topological polar surface area (TPSA) is 318 Å². The SMILES string of the molecule is CCCCS(=O)(=O)N1CCN(c2ccnc(-c3c[nH]c4ncc(Cl)cc34)n2)[C@@H](C(=O)NCC(F)(F)F)C1.O=C(NCC(F)(F)F)[C@H]1CN(C(=O)C2CC2)CCN1c1ccnc(-c2c[nH]c3ncc(Cl)cc23)n1.O=C(NCC(F)(F)F)[C@H]1C[C@H](F)CN1c1ccnc(-c2c[nH]c3ncc(Cl)cc23)n1.[HH].[HH].[HH].[HH]. The Labute approximate surface area is 593 Å². The van der Waals surface area contributed by atoms with Crippen molar-refractivity contribution >= 4 is 119 Å². The van der Waals surface area contributed by atoms with Gasteiger partial charge in [0.1, 0.15) is 78.3 Å². The largest absolute Gasteiger partial charge is 0.405 e. The lowest BCUT2D eigenvalue weighted by Crippen LogP contribution is -2.61. The summed E-state index contributed by atoms with van der Waals surface area (Å²) in [7, 11) is -3.68. The number of alkyl halides is 10. The summed E-state index contributed by atoms with van der Waals surface area (Å²) in [5.74, 6) is -1.14. The lowest BCUT2D eigenvalue weighted by Gasteiger charge is -2.41. The van der Waals surface area contributed by atoms with Crippen molar-refractivity contribution in [3.63, 3.8) is 0 Å². The number of fused-ring (bicyclic) bond motifs is 3. The highest BCUT2D eigenvalue weighted by Crippen LogP contribution is 2.36. The second-order valence-electron chi connectivity index (χ2n) is 24.0. The number of carbonyl (C=O) groups excluding carboxylic acids is 4. The van der Waals surface area contributed by atoms with Crippen LogP contribution in [0.1, 0.15) is 44.7 Å². The molecule has 0 aromatic carbocycles. The molecule has 550 valence electrons. The Balaban J connectivity index is 0.000000219. The number of aromatic amines is 3. The van der Waals surface area contributed by atoms with Crippen LogP contribution >= 0.6 is 34.8 Å². The number of H-pyrrole nitrogens is 3. The molecule has 13 rings (SSSR count). The van der Waals surface area contributed by atoms with Gasteiger partial charge in [0.25, 0.3) is 0 Å². The lowest BCUT2D eigenvalue weighted by molar-refractivity contribution is -0.141. The summed E-state index contributed by atoms with van der Waals surface area (Å²) < 4.78 is 155. The minimum atomic E-state index is -4.62. The maximum absolute atomic E-state index is 14.1. The maximum Gasteiger partial charge on any atom is 0.405 e. The highest BCUT2D eigenvalue weighted by molar-refractivity contribution is 7.89. The smallest absolute Gasteiger partial charge is 0.345 e. The van der Waals surface area contributed by atoms with Crippen molar-refractivity contribution in [1.82, 2.24) is 85.0 Å². The Morgan fingerprint density at radius 2 is 0.941 bits per heavy atom. The number of sulfonamides is 1. The van der Waals surface area contributed by atoms with Crippen molar-refractivity contribution in [1.29, 1.82) is 0 Å². The van der Waals surface area contributed by atoms with Crippen LogP contribution in [0.5, 0.6) is 0 Å². The third-order valence-corrected chi connectivity index (χ3v) is 19.2. The quantitative estimate of drug-likeness (QED) is 0.0462. The molecule has 6 N–H and O–H groups in total. The van der Waals surface area contributed by atoms with Gasteiger partial charge in [-0.15, -0.1) is 0 Å². The van der Waals surface area contributed by atoms with Gasteiger partial charge in [-0.1, -0.05) is 48.1 Å². The van der Waals surface area contributed by atoms with Crippen LogP contribution in [0.2, 0.25) is 15.1 Å². The third-order valence-electron chi connectivity index (χ3n) is 16.7. The number of carbonyl (C=O) groups is 4. The van der Waals surface area contributed by atoms with Crippen molar-refractivity contribution < 1.29 is 77.2 Å². The molecule has 40 heteroatoms. The average molecular weight is 1520 g/mol. The zero-order valence-electron chi connectivity index (χ0n) is 53.4. The van der Waals surface area contributed by atoms with Crippen molar-refractivity contribution in [2.45, 2.75) is 81.9 Å². The molecule has 3 aliphatic heterocycles. The molecule has 4 aliphatic rings. The number of nitrogens with one attached hydrogen (secondary N) is 6. The Morgan fingerprint density at radius 1 is 0.549 bits per heavy atom. The summed E-state index contributed by atoms with van der Waals surface area (Å²) in [5.41, 5.74) is 3.54. The summed E-state index contributed by atoms with van der Waals surface area (Å²) >= 11 is 18.2. The minimum Gasteiger partial charge on any atom is -0.345 e. The molecule has 0 bridgehead atoms. The molecule has 1 saturated carbocycles. The predicted octanol–water partition coefficient (Wildman–Crippen LogP) is 10.0. The van der Waals surface area contributed by atoms with E-state index in [9.17, 15) is 71.5 Å². The van der Waals surface area contributed by atoms with E-state index in [-0.39, 0.29) is 92.3 Å². The number of amides is 4. The van der Waals surface area contributed by atoms with Crippen LogP contribution in [0.3, 0.4) is 0 Å². The summed E-state index contributed by atoms with van der Waals surface area (Å²) in [6.07, 6.45) is 1.23. The summed E-state index contributed by atoms with van der Waals surface area (Å²) in [6, 6.07) is 6.33. The fourth-order valence-corrected chi connectivity index (χ4v) is 13.8. The van der Waals surface area contributed by atoms with Crippen LogP contribution in [0.4, 0.5) is 61.4 Å². The van der Waals surface area contributed by atoms with E-state index >= 15 is 0 Å². The summed E-state index contributed by atoms with van der Waals surface area (Å²) in [5, 5.41) is 8.95. The molecule has 4 fully saturated rings. The van der Waals surface area contributed by atoms with Crippen molar-refractivity contribution in [2.24, 2.45) is 5.92 Å². The molecular weight excluding hydrogens is 1450 g/mol. The van der Waals surface area contributed by atoms with E-state index in [0.717, 1.165) is 17.1 Å². The number of nitrogens with zero attached hydrogens (tertiary/aromatic N) is 14. The summed E-state index contributed by atoms with van der Waals surface area (Å²) in [4.78, 5) is 105. The number of anilines is 3. The third kappa shape index (κ3) is 18.1. The second-order valence-corrected chi connectivity index (χ2v) is 27.4. The van der Waals surface area contributed by atoms with E-state index in [0.29, 0.717) is 95.9 Å². The molecule has 3 saturated heterocycles. The van der Waals surface area contributed by atoms with E-state index < -0.39 is 90.2 Å². The molecule has 0 radical (unpaired) electrons. The fraction of sp³-hybridized carbons (Fsp3) is 0.403. The molecule has 1 aliphatic carbocycles. The van der Waals surface area contributed by atoms with Gasteiger partial charge >= 0.3 is 18.5 Å². The highest BCUT2D eigenvalue weighted by atomic mass is 35.5. The predicted molar refractivity (Wildman–Crippen MR) is 365 cm³/mol. The number of hydrogen-bond acceptors (Lipinski definition) is 18. The first-order valence-corrected chi connectivity index (χ1v) is 34.3. The molecule has 4 amide bonds. The van der Waals surface area contributed by atoms with Gasteiger partial charge in [-0.3, -0.25) is 19.2 Å². The van der Waals surface area contributed by atoms with Crippen LogP contribution < -0.4 is 30.7 Å². The number of hydrogen-bond donors (Lipinski definition) is 6. The van der Waals surface area contributed by atoms with Crippen LogP contribution in [-0.4, -0.2) is 215 Å². The molecule has 0 spiro atoms. The molecule has 9 aromatic rings. The van der Waals surface area contributed by atoms with Crippen LogP contribution in [0.15, 0.2) is 92.2 Å². The molecule has 12 heterocycles. The first kappa shape index (κ1) is 73.9. The number of aromatic nitrogens is 12. The standard InChI is InChI=1S/C22H25ClF3N7O3S.C22H21ClF3N7O2.C18H15ClF4N6O.4H2/c1-2-3-8-37(35,36)32-6-7-33(17(12-32)21(34)30-13-22(24,25)26)18-4-5-27-20(31-18)16-11-29-19-15(16)9-14(23)10-28-19;23-13-7-14-15(9-29-18(14)28-8-13)19-27-4-3-17(31-19)33-6-5-32(21(35)12-1-2-12)10-16(33)20(34)30-11-22(24,25)26;19-9-3-11-12(6-26-15(11)25-5-9)16-24-2-1-14(28-16)29-7-10(20)4-13(29)17(30)27-8-18(21,22)23;;;;/h4-5,9-11,17H,2-3,6-8,12-13H2,1H3,(H,28,29)(H,30,34);3-4,7-9,12,16H,1-2,5-6,10-11H2,(H,28,29)(H,30,34);1-3,5-6,10,13H,4,7-8H2,(H,25,26)(H,27,30);4*1H/t17-;16-;10-,13+;;;;/m110..../s1. The van der Waals surface area contributed by atoms with Gasteiger partial charge < -0.3 is 50.5 Å². The number of halogens is 13. The van der Waals surface area contributed by atoms with Crippen LogP contribution in [0, 0.1) is 5.92 Å². The Bertz CT molecular complexity index is 4690. The van der Waals surface area contributed by atoms with Gasteiger partial charge in [0, 0.05) is 139 Å².